The molecule has 0 saturated carbocycles. The highest BCUT2D eigenvalue weighted by Gasteiger charge is 2.31. The normalized spacial score (nSPS) is 19.4. The number of carbonyl (C=O) groups is 1. The van der Waals surface area contributed by atoms with Crippen LogP contribution in [0.3, 0.4) is 0 Å². The fraction of sp³-hybridized carbons (Fsp3) is 0.417. The van der Waals surface area contributed by atoms with E-state index in [0.717, 1.165) is 30.2 Å². The summed E-state index contributed by atoms with van der Waals surface area (Å²) in [5.41, 5.74) is 1.92. The number of anilines is 2. The molecule has 1 aromatic carbocycles. The third-order valence-electron chi connectivity index (χ3n) is 3.30. The highest BCUT2D eigenvalue weighted by Crippen LogP contribution is 2.34. The Balaban J connectivity index is 1.97. The second-order valence-corrected chi connectivity index (χ2v) is 4.37. The minimum Gasteiger partial charge on any atom is -0.497 e. The number of nitrogens with zero attached hydrogens (tertiary/aromatic N) is 1. The molecule has 2 aliphatic rings. The Morgan fingerprint density at radius 1 is 1.41 bits per heavy atom. The van der Waals surface area contributed by atoms with Crippen molar-refractivity contribution >= 4 is 17.3 Å². The van der Waals surface area contributed by atoms with Gasteiger partial charge in [0.05, 0.1) is 31.1 Å². The van der Waals surface area contributed by atoms with Gasteiger partial charge in [0.25, 0.3) is 0 Å². The van der Waals surface area contributed by atoms with Crippen LogP contribution in [0.2, 0.25) is 0 Å². The highest BCUT2D eigenvalue weighted by atomic mass is 16.5. The van der Waals surface area contributed by atoms with Gasteiger partial charge in [-0.1, -0.05) is 0 Å². The van der Waals surface area contributed by atoms with Gasteiger partial charge in [0.1, 0.15) is 5.75 Å². The average Bonchev–Trinajstić information content (AvgIpc) is 2.25. The minimum atomic E-state index is 0.0395. The first-order valence-corrected chi connectivity index (χ1v) is 5.73. The first-order chi connectivity index (χ1) is 8.28. The third kappa shape index (κ3) is 1.72. The van der Waals surface area contributed by atoms with E-state index in [0.29, 0.717) is 12.6 Å². The van der Waals surface area contributed by atoms with Gasteiger partial charge in [-0.05, 0) is 12.1 Å². The van der Waals surface area contributed by atoms with Crippen LogP contribution in [-0.2, 0) is 4.79 Å². The fourth-order valence-electron chi connectivity index (χ4n) is 2.24. The van der Waals surface area contributed by atoms with Crippen LogP contribution in [0.1, 0.15) is 0 Å². The lowest BCUT2D eigenvalue weighted by atomic mass is 10.1. The molecule has 0 aromatic heterocycles. The Bertz CT molecular complexity index is 457. The number of amides is 1. The van der Waals surface area contributed by atoms with E-state index in [-0.39, 0.29) is 5.91 Å². The lowest BCUT2D eigenvalue weighted by Gasteiger charge is -2.42. The van der Waals surface area contributed by atoms with Crippen molar-refractivity contribution in [3.8, 4) is 5.75 Å². The van der Waals surface area contributed by atoms with Crippen molar-refractivity contribution in [2.24, 2.45) is 0 Å². The molecule has 0 unspecified atom stereocenters. The van der Waals surface area contributed by atoms with Gasteiger partial charge in [0.15, 0.2) is 0 Å². The first kappa shape index (κ1) is 10.4. The molecule has 0 bridgehead atoms. The largest absolute Gasteiger partial charge is 0.497 e. The van der Waals surface area contributed by atoms with Crippen LogP contribution in [0, 0.1) is 0 Å². The lowest BCUT2D eigenvalue weighted by molar-refractivity contribution is -0.115. The summed E-state index contributed by atoms with van der Waals surface area (Å²) in [5, 5.41) is 6.12. The van der Waals surface area contributed by atoms with E-state index in [2.05, 4.69) is 15.5 Å². The zero-order valence-electron chi connectivity index (χ0n) is 9.69. The number of nitrogens with one attached hydrogen (secondary N) is 2. The predicted octanol–water partition coefficient (Wildman–Crippen LogP) is 0.425. The van der Waals surface area contributed by atoms with Crippen molar-refractivity contribution in [2.45, 2.75) is 6.04 Å². The topological polar surface area (TPSA) is 53.6 Å². The molecule has 0 spiro atoms. The smallest absolute Gasteiger partial charge is 0.243 e. The van der Waals surface area contributed by atoms with Gasteiger partial charge >= 0.3 is 0 Å². The molecule has 1 aromatic rings. The van der Waals surface area contributed by atoms with Gasteiger partial charge < -0.3 is 20.3 Å². The Kier molecular flexibility index (Phi) is 2.40. The van der Waals surface area contributed by atoms with E-state index in [4.69, 9.17) is 4.74 Å². The van der Waals surface area contributed by atoms with Crippen LogP contribution in [-0.4, -0.2) is 38.7 Å². The quantitative estimate of drug-likeness (QED) is 0.777. The lowest BCUT2D eigenvalue weighted by Crippen LogP contribution is -2.60. The van der Waals surface area contributed by atoms with E-state index < -0.39 is 0 Å². The van der Waals surface area contributed by atoms with Gasteiger partial charge in [0, 0.05) is 19.2 Å². The molecule has 90 valence electrons. The van der Waals surface area contributed by atoms with E-state index >= 15 is 0 Å². The maximum Gasteiger partial charge on any atom is 0.243 e. The van der Waals surface area contributed by atoms with Crippen LogP contribution >= 0.6 is 0 Å². The number of methoxy groups -OCH3 is 1. The summed E-state index contributed by atoms with van der Waals surface area (Å²) < 4.78 is 5.17. The second kappa shape index (κ2) is 3.92. The molecule has 2 aliphatic heterocycles. The van der Waals surface area contributed by atoms with Gasteiger partial charge in [-0.15, -0.1) is 0 Å². The van der Waals surface area contributed by atoms with Gasteiger partial charge in [-0.25, -0.2) is 0 Å². The van der Waals surface area contributed by atoms with E-state index in [1.807, 2.05) is 18.2 Å². The van der Waals surface area contributed by atoms with Crippen molar-refractivity contribution in [1.29, 1.82) is 0 Å². The van der Waals surface area contributed by atoms with Crippen LogP contribution in [0.25, 0.3) is 0 Å². The summed E-state index contributed by atoms with van der Waals surface area (Å²) in [5.74, 6) is 0.801. The molecule has 17 heavy (non-hydrogen) atoms. The Morgan fingerprint density at radius 2 is 2.24 bits per heavy atom. The summed E-state index contributed by atoms with van der Waals surface area (Å²) in [6.07, 6.45) is 0. The van der Waals surface area contributed by atoms with Crippen molar-refractivity contribution in [2.75, 3.05) is 37.0 Å². The summed E-state index contributed by atoms with van der Waals surface area (Å²) in [6, 6.07) is 6.22. The number of hydrogen-bond donors (Lipinski definition) is 2. The SMILES string of the molecule is COc1ccc2c(c1)NC(=O)CN2C1CNC1. The van der Waals surface area contributed by atoms with Crippen LogP contribution < -0.4 is 20.3 Å². The highest BCUT2D eigenvalue weighted by molar-refractivity contribution is 6.01. The predicted molar refractivity (Wildman–Crippen MR) is 65.6 cm³/mol. The summed E-state index contributed by atoms with van der Waals surface area (Å²) >= 11 is 0. The monoisotopic (exact) mass is 233 g/mol. The number of fused-ring (bicyclic) bond motifs is 1. The standard InChI is InChI=1S/C12H15N3O2/c1-17-9-2-3-11-10(4-9)14-12(16)7-15(11)8-5-13-6-8/h2-4,8,13H,5-7H2,1H3,(H,14,16). The zero-order chi connectivity index (χ0) is 11.8. The molecular formula is C12H15N3O2. The molecule has 5 nitrogen and oxygen atoms in total. The molecule has 2 N–H and O–H groups in total. The van der Waals surface area contributed by atoms with Crippen molar-refractivity contribution < 1.29 is 9.53 Å². The Hall–Kier alpha value is -1.75. The molecular weight excluding hydrogens is 218 g/mol. The van der Waals surface area contributed by atoms with E-state index in [1.165, 1.54) is 0 Å². The third-order valence-corrected chi connectivity index (χ3v) is 3.30. The maximum absolute atomic E-state index is 11.7. The van der Waals surface area contributed by atoms with Gasteiger partial charge in [-0.2, -0.15) is 0 Å². The average molecular weight is 233 g/mol. The van der Waals surface area contributed by atoms with Crippen LogP contribution in [0.15, 0.2) is 18.2 Å². The molecule has 1 fully saturated rings. The number of ether oxygens (including phenoxy) is 1. The molecule has 3 rings (SSSR count). The molecule has 0 radical (unpaired) electrons. The van der Waals surface area contributed by atoms with E-state index in [1.54, 1.807) is 7.11 Å². The maximum atomic E-state index is 11.7. The van der Waals surface area contributed by atoms with Gasteiger partial charge in [-0.3, -0.25) is 4.79 Å². The van der Waals surface area contributed by atoms with Crippen LogP contribution in [0.5, 0.6) is 5.75 Å². The summed E-state index contributed by atoms with van der Waals surface area (Å²) in [6.45, 7) is 2.32. The number of hydrogen-bond acceptors (Lipinski definition) is 4. The number of rotatable bonds is 2. The molecule has 1 amide bonds. The molecule has 1 saturated heterocycles. The van der Waals surface area contributed by atoms with Crippen LogP contribution in [0.4, 0.5) is 11.4 Å². The van der Waals surface area contributed by atoms with E-state index in [9.17, 15) is 4.79 Å². The van der Waals surface area contributed by atoms with Crippen molar-refractivity contribution in [1.82, 2.24) is 5.32 Å². The number of benzene rings is 1. The summed E-state index contributed by atoms with van der Waals surface area (Å²) in [4.78, 5) is 13.8. The van der Waals surface area contributed by atoms with Crippen molar-refractivity contribution in [3.05, 3.63) is 18.2 Å². The molecule has 0 aliphatic carbocycles. The fourth-order valence-corrected chi connectivity index (χ4v) is 2.24. The molecule has 5 heteroatoms. The summed E-state index contributed by atoms with van der Waals surface area (Å²) in [7, 11) is 1.62. The molecule has 0 atom stereocenters. The molecule has 2 heterocycles. The Morgan fingerprint density at radius 3 is 2.88 bits per heavy atom. The second-order valence-electron chi connectivity index (χ2n) is 4.37. The van der Waals surface area contributed by atoms with Crippen molar-refractivity contribution in [3.63, 3.8) is 0 Å². The minimum absolute atomic E-state index is 0.0395. The number of carbonyl (C=O) groups excluding carboxylic acids is 1. The van der Waals surface area contributed by atoms with Gasteiger partial charge in [0.2, 0.25) is 5.91 Å². The Labute approximate surface area is 99.7 Å². The first-order valence-electron chi connectivity index (χ1n) is 5.73. The zero-order valence-corrected chi connectivity index (χ0v) is 9.69.